The summed E-state index contributed by atoms with van der Waals surface area (Å²) in [5.74, 6) is 0.0244. The topological polar surface area (TPSA) is 88.1 Å². The number of ketones is 1. The molecule has 0 N–H and O–H groups in total. The first-order chi connectivity index (χ1) is 19.5. The van der Waals surface area contributed by atoms with Crippen LogP contribution in [0.15, 0.2) is 36.1 Å². The molecule has 2 aromatic carbocycles. The smallest absolute Gasteiger partial charge is 0.316 e. The van der Waals surface area contributed by atoms with Gasteiger partial charge in [-0.25, -0.2) is 0 Å². The lowest BCUT2D eigenvalue weighted by molar-refractivity contribution is -0.143. The van der Waals surface area contributed by atoms with Crippen LogP contribution < -0.4 is 14.2 Å². The summed E-state index contributed by atoms with van der Waals surface area (Å²) in [6, 6.07) is 8.35. The fraction of sp³-hybridized carbons (Fsp3) is 0.528. The molecule has 0 radical (unpaired) electrons. The van der Waals surface area contributed by atoms with Crippen LogP contribution in [-0.2, 0) is 25.2 Å². The van der Waals surface area contributed by atoms with Crippen LogP contribution in [0.4, 0.5) is 0 Å². The Bertz CT molecular complexity index is 1370. The number of rotatable bonds is 8. The Morgan fingerprint density at radius 3 is 1.58 bits per heavy atom. The molecule has 0 aliphatic heterocycles. The second-order valence-electron chi connectivity index (χ2n) is 14.8. The zero-order chi connectivity index (χ0) is 33.1. The molecule has 0 atom stereocenters. The van der Waals surface area contributed by atoms with Gasteiger partial charge < -0.3 is 18.9 Å². The summed E-state index contributed by atoms with van der Waals surface area (Å²) in [6.45, 7) is 25.3. The van der Waals surface area contributed by atoms with Crippen molar-refractivity contribution in [2.45, 2.75) is 101 Å². The second-order valence-corrected chi connectivity index (χ2v) is 14.8. The maximum Gasteiger partial charge on any atom is 0.316 e. The lowest BCUT2D eigenvalue weighted by Gasteiger charge is -2.32. The number of hydrogen-bond donors (Lipinski definition) is 0. The highest BCUT2D eigenvalue weighted by molar-refractivity contribution is 6.10. The Labute approximate surface area is 257 Å². The largest absolute Gasteiger partial charge is 0.493 e. The minimum absolute atomic E-state index is 0.0272. The minimum Gasteiger partial charge on any atom is -0.493 e. The van der Waals surface area contributed by atoms with Crippen LogP contribution >= 0.6 is 0 Å². The summed E-state index contributed by atoms with van der Waals surface area (Å²) in [5.41, 5.74) is 0.306. The summed E-state index contributed by atoms with van der Waals surface area (Å²) in [7, 11) is 1.42. The summed E-state index contributed by atoms with van der Waals surface area (Å²) in [5, 5.41) is 0. The van der Waals surface area contributed by atoms with Crippen molar-refractivity contribution in [1.29, 1.82) is 0 Å². The van der Waals surface area contributed by atoms with E-state index >= 15 is 0 Å². The van der Waals surface area contributed by atoms with Gasteiger partial charge in [-0.2, -0.15) is 0 Å². The number of methoxy groups -OCH3 is 1. The molecule has 0 heterocycles. The van der Waals surface area contributed by atoms with Gasteiger partial charge in [0.25, 0.3) is 0 Å². The van der Waals surface area contributed by atoms with Gasteiger partial charge in [-0.1, -0.05) is 41.5 Å². The van der Waals surface area contributed by atoms with E-state index in [-0.39, 0.29) is 17.1 Å². The molecule has 2 aromatic rings. The van der Waals surface area contributed by atoms with Gasteiger partial charge in [0.05, 0.1) is 30.1 Å². The van der Waals surface area contributed by atoms with Crippen LogP contribution in [0.2, 0.25) is 0 Å². The molecule has 236 valence electrons. The molecule has 0 unspecified atom stereocenters. The van der Waals surface area contributed by atoms with Gasteiger partial charge in [0.2, 0.25) is 5.78 Å². The summed E-state index contributed by atoms with van der Waals surface area (Å²) in [6.07, 6.45) is 1.59. The van der Waals surface area contributed by atoms with E-state index in [4.69, 9.17) is 18.9 Å². The Kier molecular flexibility index (Phi) is 10.7. The van der Waals surface area contributed by atoms with Gasteiger partial charge in [-0.05, 0) is 95.7 Å². The summed E-state index contributed by atoms with van der Waals surface area (Å²) in [4.78, 5) is 39.3. The molecule has 2 rings (SSSR count). The predicted molar refractivity (Wildman–Crippen MR) is 171 cm³/mol. The molecule has 43 heavy (non-hydrogen) atoms. The van der Waals surface area contributed by atoms with Gasteiger partial charge in [0.15, 0.2) is 5.76 Å². The Hall–Kier alpha value is -3.61. The average Bonchev–Trinajstić information content (AvgIpc) is 2.86. The third-order valence-corrected chi connectivity index (χ3v) is 6.64. The molecule has 0 bridgehead atoms. The Morgan fingerprint density at radius 1 is 0.698 bits per heavy atom. The number of allylic oxidation sites excluding steroid dienone is 1. The van der Waals surface area contributed by atoms with Crippen molar-refractivity contribution in [2.75, 3.05) is 13.7 Å². The van der Waals surface area contributed by atoms with E-state index in [1.54, 1.807) is 71.9 Å². The maximum atomic E-state index is 13.7. The van der Waals surface area contributed by atoms with Gasteiger partial charge >= 0.3 is 11.9 Å². The molecule has 0 amide bonds. The van der Waals surface area contributed by atoms with E-state index in [9.17, 15) is 14.4 Å². The van der Waals surface area contributed by atoms with Gasteiger partial charge in [0.1, 0.15) is 17.2 Å². The fourth-order valence-electron chi connectivity index (χ4n) is 3.99. The highest BCUT2D eigenvalue weighted by Gasteiger charge is 2.34. The van der Waals surface area contributed by atoms with Gasteiger partial charge in [0, 0.05) is 16.7 Å². The standard InChI is InChI=1S/C36H50O7/c1-15-41-29-24(20-27(40-14)28(37)22-16-18-23(19-17-22)42-31(38)35(8,9)10)30(43-32(39)36(11,12)13)26(34(5,6)7)21-25(29)33(2,3)4/h16-21H,15H2,1-14H3. The number of Topliss-reactive ketones (excluding diaryl/α,β-unsaturated/α-hetero) is 1. The third kappa shape index (κ3) is 8.94. The fourth-order valence-corrected chi connectivity index (χ4v) is 3.99. The second kappa shape index (κ2) is 12.9. The minimum atomic E-state index is -0.775. The van der Waals surface area contributed by atoms with Crippen LogP contribution in [-0.4, -0.2) is 31.4 Å². The number of benzene rings is 2. The molecule has 0 saturated carbocycles. The Balaban J connectivity index is 2.85. The van der Waals surface area contributed by atoms with Crippen molar-refractivity contribution in [3.05, 3.63) is 58.3 Å². The maximum absolute atomic E-state index is 13.7. The van der Waals surface area contributed by atoms with Crippen LogP contribution in [0.1, 0.15) is 117 Å². The zero-order valence-corrected chi connectivity index (χ0v) is 28.5. The molecule has 7 heteroatoms. The predicted octanol–water partition coefficient (Wildman–Crippen LogP) is 8.45. The number of esters is 2. The highest BCUT2D eigenvalue weighted by atomic mass is 16.5. The highest BCUT2D eigenvalue weighted by Crippen LogP contribution is 2.47. The first-order valence-electron chi connectivity index (χ1n) is 14.7. The van der Waals surface area contributed by atoms with Crippen molar-refractivity contribution in [1.82, 2.24) is 0 Å². The van der Waals surface area contributed by atoms with Crippen molar-refractivity contribution >= 4 is 23.8 Å². The molecule has 7 nitrogen and oxygen atoms in total. The van der Waals surface area contributed by atoms with E-state index in [0.717, 1.165) is 11.1 Å². The molecule has 0 aromatic heterocycles. The Morgan fingerprint density at radius 2 is 1.16 bits per heavy atom. The quantitative estimate of drug-likeness (QED) is 0.0996. The van der Waals surface area contributed by atoms with Crippen LogP contribution in [0, 0.1) is 10.8 Å². The zero-order valence-electron chi connectivity index (χ0n) is 28.5. The van der Waals surface area contributed by atoms with Gasteiger partial charge in [-0.3, -0.25) is 14.4 Å². The number of hydrogen-bond acceptors (Lipinski definition) is 7. The first kappa shape index (κ1) is 35.6. The lowest BCUT2D eigenvalue weighted by atomic mass is 9.78. The molecule has 0 fully saturated rings. The SMILES string of the molecule is CCOc1c(C(C)(C)C)cc(C(C)(C)C)c(OC(=O)C(C)(C)C)c1C=C(OC)C(=O)c1ccc(OC(=O)C(C)(C)C)cc1. The number of ether oxygens (including phenoxy) is 4. The van der Waals surface area contributed by atoms with Crippen molar-refractivity contribution in [3.8, 4) is 17.2 Å². The molecular formula is C36H50O7. The first-order valence-corrected chi connectivity index (χ1v) is 14.7. The third-order valence-electron chi connectivity index (χ3n) is 6.64. The molecule has 0 spiro atoms. The molecule has 0 saturated heterocycles. The molecular weight excluding hydrogens is 544 g/mol. The van der Waals surface area contributed by atoms with Crippen LogP contribution in [0.25, 0.3) is 6.08 Å². The number of carbonyl (C=O) groups is 3. The lowest BCUT2D eigenvalue weighted by Crippen LogP contribution is -2.28. The van der Waals surface area contributed by atoms with Crippen LogP contribution in [0.5, 0.6) is 17.2 Å². The summed E-state index contributed by atoms with van der Waals surface area (Å²) < 4.78 is 23.5. The number of carbonyl (C=O) groups excluding carboxylic acids is 3. The van der Waals surface area contributed by atoms with E-state index < -0.39 is 28.0 Å². The summed E-state index contributed by atoms with van der Waals surface area (Å²) >= 11 is 0. The van der Waals surface area contributed by atoms with E-state index in [1.165, 1.54) is 7.11 Å². The van der Waals surface area contributed by atoms with E-state index in [2.05, 4.69) is 20.8 Å². The van der Waals surface area contributed by atoms with E-state index in [1.807, 2.05) is 33.8 Å². The molecule has 0 aliphatic carbocycles. The van der Waals surface area contributed by atoms with Gasteiger partial charge in [-0.15, -0.1) is 0 Å². The van der Waals surface area contributed by atoms with Crippen LogP contribution in [0.3, 0.4) is 0 Å². The average molecular weight is 595 g/mol. The molecule has 0 aliphatic rings. The monoisotopic (exact) mass is 594 g/mol. The normalized spacial score (nSPS) is 12.9. The van der Waals surface area contributed by atoms with Crippen molar-refractivity contribution in [2.24, 2.45) is 10.8 Å². The van der Waals surface area contributed by atoms with E-state index in [0.29, 0.717) is 35.0 Å². The van der Waals surface area contributed by atoms with Crippen molar-refractivity contribution in [3.63, 3.8) is 0 Å². The van der Waals surface area contributed by atoms with Crippen molar-refractivity contribution < 1.29 is 33.3 Å².